The average Bonchev–Trinajstić information content (AvgIpc) is 3.11. The number of amides is 1. The van der Waals surface area contributed by atoms with Crippen LogP contribution in [-0.4, -0.2) is 33.0 Å². The summed E-state index contributed by atoms with van der Waals surface area (Å²) in [6.07, 6.45) is 2.41. The third-order valence-electron chi connectivity index (χ3n) is 4.25. The van der Waals surface area contributed by atoms with E-state index in [2.05, 4.69) is 47.2 Å². The van der Waals surface area contributed by atoms with Crippen molar-refractivity contribution in [1.29, 1.82) is 0 Å². The smallest absolute Gasteiger partial charge is 0.227 e. The zero-order valence-electron chi connectivity index (χ0n) is 15.3. The molecular formula is C20H22N4O2. The van der Waals surface area contributed by atoms with Gasteiger partial charge in [0.1, 0.15) is 5.69 Å². The lowest BCUT2D eigenvalue weighted by Gasteiger charge is -2.18. The van der Waals surface area contributed by atoms with Crippen LogP contribution in [0, 0.1) is 13.8 Å². The van der Waals surface area contributed by atoms with Gasteiger partial charge in [-0.05, 0) is 37.1 Å². The molecule has 1 amide bonds. The van der Waals surface area contributed by atoms with Gasteiger partial charge in [-0.2, -0.15) is 4.98 Å². The van der Waals surface area contributed by atoms with Crippen LogP contribution in [0.3, 0.4) is 0 Å². The first-order valence-electron chi connectivity index (χ1n) is 8.57. The molecule has 6 heteroatoms. The van der Waals surface area contributed by atoms with E-state index in [0.717, 1.165) is 5.56 Å². The number of aromatic nitrogens is 3. The number of nitrogens with zero attached hydrogens (tertiary/aromatic N) is 4. The molecule has 0 saturated carbocycles. The molecule has 0 unspecified atom stereocenters. The minimum atomic E-state index is 0.0440. The van der Waals surface area contributed by atoms with Crippen LogP contribution in [0.15, 0.2) is 47.1 Å². The summed E-state index contributed by atoms with van der Waals surface area (Å²) in [5.41, 5.74) is 4.23. The minimum absolute atomic E-state index is 0.0440. The molecule has 0 aliphatic carbocycles. The normalized spacial score (nSPS) is 10.7. The summed E-state index contributed by atoms with van der Waals surface area (Å²) in [7, 11) is 1.81. The van der Waals surface area contributed by atoms with Crippen LogP contribution in [-0.2, 0) is 17.8 Å². The quantitative estimate of drug-likeness (QED) is 0.682. The van der Waals surface area contributed by atoms with Crippen molar-refractivity contribution >= 4 is 5.91 Å². The molecule has 0 atom stereocenters. The Kier molecular flexibility index (Phi) is 5.41. The summed E-state index contributed by atoms with van der Waals surface area (Å²) in [5.74, 6) is 0.929. The standard InChI is InChI=1S/C20H22N4O2/c1-14-7-8-16(15(2)12-14)13-24(3)19(25)10-9-18-22-20(23-26-18)17-6-4-5-11-21-17/h4-8,11-12H,9-10,13H2,1-3H3. The number of carbonyl (C=O) groups is 1. The lowest BCUT2D eigenvalue weighted by molar-refractivity contribution is -0.130. The highest BCUT2D eigenvalue weighted by Crippen LogP contribution is 2.15. The van der Waals surface area contributed by atoms with E-state index >= 15 is 0 Å². The maximum absolute atomic E-state index is 12.4. The Balaban J connectivity index is 1.56. The van der Waals surface area contributed by atoms with Crippen molar-refractivity contribution in [2.24, 2.45) is 0 Å². The largest absolute Gasteiger partial charge is 0.341 e. The first-order chi connectivity index (χ1) is 12.5. The van der Waals surface area contributed by atoms with Crippen LogP contribution in [0.1, 0.15) is 29.0 Å². The van der Waals surface area contributed by atoms with Crippen molar-refractivity contribution in [3.63, 3.8) is 0 Å². The fraction of sp³-hybridized carbons (Fsp3) is 0.300. The molecule has 3 aromatic rings. The van der Waals surface area contributed by atoms with Gasteiger partial charge in [0, 0.05) is 32.6 Å². The summed E-state index contributed by atoms with van der Waals surface area (Å²) >= 11 is 0. The van der Waals surface area contributed by atoms with Crippen molar-refractivity contribution in [2.75, 3.05) is 7.05 Å². The molecule has 0 spiro atoms. The SMILES string of the molecule is Cc1ccc(CN(C)C(=O)CCc2nc(-c3ccccn3)no2)c(C)c1. The van der Waals surface area contributed by atoms with E-state index in [9.17, 15) is 4.79 Å². The Morgan fingerprint density at radius 1 is 1.19 bits per heavy atom. The predicted octanol–water partition coefficient (Wildman–Crippen LogP) is 3.34. The summed E-state index contributed by atoms with van der Waals surface area (Å²) < 4.78 is 5.23. The van der Waals surface area contributed by atoms with Crippen LogP contribution >= 0.6 is 0 Å². The van der Waals surface area contributed by atoms with Crippen LogP contribution in [0.2, 0.25) is 0 Å². The molecule has 0 saturated heterocycles. The van der Waals surface area contributed by atoms with Gasteiger partial charge in [-0.1, -0.05) is 35.0 Å². The summed E-state index contributed by atoms with van der Waals surface area (Å²) in [5, 5.41) is 3.92. The van der Waals surface area contributed by atoms with Gasteiger partial charge >= 0.3 is 0 Å². The Morgan fingerprint density at radius 2 is 2.04 bits per heavy atom. The lowest BCUT2D eigenvalue weighted by Crippen LogP contribution is -2.26. The second-order valence-corrected chi connectivity index (χ2v) is 6.41. The number of carbonyl (C=O) groups excluding carboxylic acids is 1. The fourth-order valence-corrected chi connectivity index (χ4v) is 2.73. The van der Waals surface area contributed by atoms with Crippen molar-refractivity contribution in [3.05, 3.63) is 65.2 Å². The molecular weight excluding hydrogens is 328 g/mol. The van der Waals surface area contributed by atoms with Crippen LogP contribution in [0.25, 0.3) is 11.5 Å². The first kappa shape index (κ1) is 17.8. The molecule has 26 heavy (non-hydrogen) atoms. The second-order valence-electron chi connectivity index (χ2n) is 6.41. The number of rotatable bonds is 6. The lowest BCUT2D eigenvalue weighted by atomic mass is 10.1. The topological polar surface area (TPSA) is 72.1 Å². The molecule has 0 fully saturated rings. The molecule has 134 valence electrons. The second kappa shape index (κ2) is 7.91. The first-order valence-corrected chi connectivity index (χ1v) is 8.57. The highest BCUT2D eigenvalue weighted by molar-refractivity contribution is 5.76. The maximum Gasteiger partial charge on any atom is 0.227 e. The van der Waals surface area contributed by atoms with Gasteiger partial charge in [0.25, 0.3) is 0 Å². The van der Waals surface area contributed by atoms with Crippen molar-refractivity contribution in [1.82, 2.24) is 20.0 Å². The molecule has 0 aliphatic rings. The molecule has 2 aromatic heterocycles. The zero-order chi connectivity index (χ0) is 18.5. The fourth-order valence-electron chi connectivity index (χ4n) is 2.73. The van der Waals surface area contributed by atoms with E-state index in [1.54, 1.807) is 11.1 Å². The molecule has 6 nitrogen and oxygen atoms in total. The molecule has 0 aliphatic heterocycles. The number of hydrogen-bond donors (Lipinski definition) is 0. The Labute approximate surface area is 152 Å². The van der Waals surface area contributed by atoms with Crippen molar-refractivity contribution in [3.8, 4) is 11.5 Å². The van der Waals surface area contributed by atoms with Gasteiger partial charge < -0.3 is 9.42 Å². The minimum Gasteiger partial charge on any atom is -0.341 e. The van der Waals surface area contributed by atoms with Gasteiger partial charge in [0.05, 0.1) is 0 Å². The Morgan fingerprint density at radius 3 is 2.77 bits per heavy atom. The predicted molar refractivity (Wildman–Crippen MR) is 98.2 cm³/mol. The number of benzene rings is 1. The van der Waals surface area contributed by atoms with Gasteiger partial charge in [0.2, 0.25) is 17.6 Å². The molecule has 0 radical (unpaired) electrons. The molecule has 3 rings (SSSR count). The summed E-state index contributed by atoms with van der Waals surface area (Å²) in [6, 6.07) is 11.8. The van der Waals surface area contributed by atoms with E-state index in [0.29, 0.717) is 36.8 Å². The van der Waals surface area contributed by atoms with Crippen LogP contribution in [0.5, 0.6) is 0 Å². The molecule has 0 N–H and O–H groups in total. The molecule has 0 bridgehead atoms. The molecule has 1 aromatic carbocycles. The average molecular weight is 350 g/mol. The third-order valence-corrected chi connectivity index (χ3v) is 4.25. The highest BCUT2D eigenvalue weighted by atomic mass is 16.5. The van der Waals surface area contributed by atoms with E-state index in [1.165, 1.54) is 11.1 Å². The number of pyridine rings is 1. The van der Waals surface area contributed by atoms with E-state index in [1.807, 2.05) is 25.2 Å². The van der Waals surface area contributed by atoms with Crippen LogP contribution < -0.4 is 0 Å². The van der Waals surface area contributed by atoms with E-state index < -0.39 is 0 Å². The number of aryl methyl sites for hydroxylation is 3. The summed E-state index contributed by atoms with van der Waals surface area (Å²) in [6.45, 7) is 4.72. The van der Waals surface area contributed by atoms with Gasteiger partial charge in [-0.3, -0.25) is 9.78 Å². The van der Waals surface area contributed by atoms with Crippen molar-refractivity contribution < 1.29 is 9.32 Å². The highest BCUT2D eigenvalue weighted by Gasteiger charge is 2.14. The third kappa shape index (κ3) is 4.33. The zero-order valence-corrected chi connectivity index (χ0v) is 15.3. The van der Waals surface area contributed by atoms with Crippen molar-refractivity contribution in [2.45, 2.75) is 33.2 Å². The Bertz CT molecular complexity index is 890. The van der Waals surface area contributed by atoms with Gasteiger partial charge in [-0.25, -0.2) is 0 Å². The number of hydrogen-bond acceptors (Lipinski definition) is 5. The monoisotopic (exact) mass is 350 g/mol. The van der Waals surface area contributed by atoms with E-state index in [-0.39, 0.29) is 5.91 Å². The Hall–Kier alpha value is -3.02. The van der Waals surface area contributed by atoms with Gasteiger partial charge in [0.15, 0.2) is 0 Å². The van der Waals surface area contributed by atoms with E-state index in [4.69, 9.17) is 4.52 Å². The summed E-state index contributed by atoms with van der Waals surface area (Å²) in [4.78, 5) is 22.6. The maximum atomic E-state index is 12.4. The molecule has 2 heterocycles. The van der Waals surface area contributed by atoms with Crippen LogP contribution in [0.4, 0.5) is 0 Å². The van der Waals surface area contributed by atoms with Gasteiger partial charge in [-0.15, -0.1) is 0 Å².